The van der Waals surface area contributed by atoms with E-state index in [0.29, 0.717) is 0 Å². The molecule has 0 aromatic carbocycles. The Labute approximate surface area is 77.8 Å². The Morgan fingerprint density at radius 3 is 2.33 bits per heavy atom. The average Bonchev–Trinajstić information content (AvgIpc) is 2.05. The molecule has 12 heavy (non-hydrogen) atoms. The minimum atomic E-state index is 0.143. The molecular weight excluding hydrogens is 144 g/mol. The molecule has 0 aromatic heterocycles. The first-order chi connectivity index (χ1) is 5.58. The summed E-state index contributed by atoms with van der Waals surface area (Å²) in [5, 5.41) is 0. The maximum Gasteiger partial charge on any atom is 0.0286 e. The standard InChI is InChI=1S/C12H22/c1-6-9-12(5,8-3)10-11(4)7-2/h3,11H,6-7,9-10H2,1-2,4-5H3. The molecule has 2 unspecified atom stereocenters. The highest BCUT2D eigenvalue weighted by Gasteiger charge is 2.22. The molecule has 0 radical (unpaired) electrons. The molecule has 0 spiro atoms. The van der Waals surface area contributed by atoms with Crippen LogP contribution < -0.4 is 0 Å². The Balaban J connectivity index is 4.06. The van der Waals surface area contributed by atoms with Gasteiger partial charge in [-0.3, -0.25) is 0 Å². The van der Waals surface area contributed by atoms with Gasteiger partial charge in [-0.2, -0.15) is 0 Å². The molecule has 0 saturated heterocycles. The van der Waals surface area contributed by atoms with E-state index in [0.717, 1.165) is 12.3 Å². The van der Waals surface area contributed by atoms with Crippen LogP contribution >= 0.6 is 0 Å². The normalized spacial score (nSPS) is 17.9. The van der Waals surface area contributed by atoms with Gasteiger partial charge in [0.05, 0.1) is 0 Å². The Hall–Kier alpha value is -0.440. The highest BCUT2D eigenvalue weighted by Crippen LogP contribution is 2.31. The van der Waals surface area contributed by atoms with Crippen molar-refractivity contribution >= 4 is 0 Å². The predicted molar refractivity (Wildman–Crippen MR) is 55.9 cm³/mol. The number of hydrogen-bond acceptors (Lipinski definition) is 0. The highest BCUT2D eigenvalue weighted by molar-refractivity contribution is 5.03. The zero-order valence-corrected chi connectivity index (χ0v) is 8.98. The van der Waals surface area contributed by atoms with Gasteiger partial charge in [0.15, 0.2) is 0 Å². The van der Waals surface area contributed by atoms with Crippen LogP contribution in [-0.4, -0.2) is 0 Å². The van der Waals surface area contributed by atoms with Crippen molar-refractivity contribution in [3.8, 4) is 12.3 Å². The third-order valence-electron chi connectivity index (χ3n) is 2.65. The van der Waals surface area contributed by atoms with E-state index in [1.807, 2.05) is 0 Å². The smallest absolute Gasteiger partial charge is 0.0286 e. The van der Waals surface area contributed by atoms with E-state index in [2.05, 4.69) is 33.6 Å². The van der Waals surface area contributed by atoms with Crippen molar-refractivity contribution in [2.45, 2.75) is 53.4 Å². The lowest BCUT2D eigenvalue weighted by molar-refractivity contribution is 0.305. The minimum Gasteiger partial charge on any atom is -0.120 e. The van der Waals surface area contributed by atoms with Crippen LogP contribution in [0.5, 0.6) is 0 Å². The zero-order valence-electron chi connectivity index (χ0n) is 8.98. The molecule has 70 valence electrons. The quantitative estimate of drug-likeness (QED) is 0.544. The van der Waals surface area contributed by atoms with Crippen LogP contribution in [0, 0.1) is 23.7 Å². The molecule has 0 fully saturated rings. The fourth-order valence-electron chi connectivity index (χ4n) is 1.70. The summed E-state index contributed by atoms with van der Waals surface area (Å²) in [5.41, 5.74) is 0.143. The molecule has 0 bridgehead atoms. The Morgan fingerprint density at radius 2 is 2.00 bits per heavy atom. The predicted octanol–water partition coefficient (Wildman–Crippen LogP) is 3.86. The molecule has 0 aromatic rings. The van der Waals surface area contributed by atoms with Crippen LogP contribution in [0.15, 0.2) is 0 Å². The SMILES string of the molecule is C#CC(C)(CCC)CC(C)CC. The van der Waals surface area contributed by atoms with E-state index >= 15 is 0 Å². The molecule has 0 aliphatic heterocycles. The van der Waals surface area contributed by atoms with Gasteiger partial charge in [0, 0.05) is 5.41 Å². The largest absolute Gasteiger partial charge is 0.120 e. The van der Waals surface area contributed by atoms with Crippen molar-refractivity contribution in [1.29, 1.82) is 0 Å². The highest BCUT2D eigenvalue weighted by atomic mass is 14.2. The van der Waals surface area contributed by atoms with Crippen molar-refractivity contribution in [3.63, 3.8) is 0 Å². The zero-order chi connectivity index (χ0) is 9.61. The first-order valence-corrected chi connectivity index (χ1v) is 5.05. The van der Waals surface area contributed by atoms with Crippen LogP contribution in [0.1, 0.15) is 53.4 Å². The summed E-state index contributed by atoms with van der Waals surface area (Å²) in [6, 6.07) is 0. The second-order valence-corrected chi connectivity index (χ2v) is 4.17. The van der Waals surface area contributed by atoms with Gasteiger partial charge in [-0.25, -0.2) is 0 Å². The fraction of sp³-hybridized carbons (Fsp3) is 0.833. The summed E-state index contributed by atoms with van der Waals surface area (Å²) in [6.45, 7) is 8.92. The number of rotatable bonds is 5. The molecule has 0 N–H and O–H groups in total. The Bertz CT molecular complexity index is 152. The van der Waals surface area contributed by atoms with E-state index in [4.69, 9.17) is 6.42 Å². The number of terminal acetylenes is 1. The summed E-state index contributed by atoms with van der Waals surface area (Å²) in [6.07, 6.45) is 10.3. The van der Waals surface area contributed by atoms with E-state index in [1.54, 1.807) is 0 Å². The first kappa shape index (κ1) is 11.6. The molecule has 0 rings (SSSR count). The molecule has 0 amide bonds. The van der Waals surface area contributed by atoms with Crippen molar-refractivity contribution in [3.05, 3.63) is 0 Å². The first-order valence-electron chi connectivity index (χ1n) is 5.05. The number of hydrogen-bond donors (Lipinski definition) is 0. The third kappa shape index (κ3) is 3.81. The van der Waals surface area contributed by atoms with Gasteiger partial charge < -0.3 is 0 Å². The second-order valence-electron chi connectivity index (χ2n) is 4.17. The van der Waals surface area contributed by atoms with Gasteiger partial charge in [0.2, 0.25) is 0 Å². The molecule has 0 nitrogen and oxygen atoms in total. The van der Waals surface area contributed by atoms with Gasteiger partial charge in [0.25, 0.3) is 0 Å². The van der Waals surface area contributed by atoms with E-state index in [9.17, 15) is 0 Å². The third-order valence-corrected chi connectivity index (χ3v) is 2.65. The van der Waals surface area contributed by atoms with Gasteiger partial charge in [0.1, 0.15) is 0 Å². The maximum absolute atomic E-state index is 5.55. The lowest BCUT2D eigenvalue weighted by Crippen LogP contribution is -2.17. The molecule has 0 saturated carbocycles. The molecule has 0 heteroatoms. The van der Waals surface area contributed by atoms with Crippen molar-refractivity contribution in [2.24, 2.45) is 11.3 Å². The van der Waals surface area contributed by atoms with Crippen LogP contribution in [0.2, 0.25) is 0 Å². The van der Waals surface area contributed by atoms with E-state index in [1.165, 1.54) is 19.3 Å². The fourth-order valence-corrected chi connectivity index (χ4v) is 1.70. The molecule has 0 heterocycles. The van der Waals surface area contributed by atoms with Crippen LogP contribution in [0.25, 0.3) is 0 Å². The second kappa shape index (κ2) is 5.25. The summed E-state index contributed by atoms with van der Waals surface area (Å²) in [5.74, 6) is 3.71. The molecule has 2 atom stereocenters. The van der Waals surface area contributed by atoms with E-state index in [-0.39, 0.29) is 5.41 Å². The van der Waals surface area contributed by atoms with Gasteiger partial charge >= 0.3 is 0 Å². The molecule has 0 aliphatic rings. The summed E-state index contributed by atoms with van der Waals surface area (Å²) in [7, 11) is 0. The Morgan fingerprint density at radius 1 is 1.42 bits per heavy atom. The van der Waals surface area contributed by atoms with Crippen LogP contribution in [0.3, 0.4) is 0 Å². The van der Waals surface area contributed by atoms with Gasteiger partial charge in [-0.05, 0) is 25.7 Å². The molecular formula is C12H22. The average molecular weight is 166 g/mol. The van der Waals surface area contributed by atoms with Crippen molar-refractivity contribution < 1.29 is 0 Å². The minimum absolute atomic E-state index is 0.143. The summed E-state index contributed by atoms with van der Waals surface area (Å²) in [4.78, 5) is 0. The maximum atomic E-state index is 5.55. The summed E-state index contributed by atoms with van der Waals surface area (Å²) < 4.78 is 0. The van der Waals surface area contributed by atoms with Crippen LogP contribution in [0.4, 0.5) is 0 Å². The molecule has 0 aliphatic carbocycles. The van der Waals surface area contributed by atoms with Crippen molar-refractivity contribution in [1.82, 2.24) is 0 Å². The summed E-state index contributed by atoms with van der Waals surface area (Å²) >= 11 is 0. The lowest BCUT2D eigenvalue weighted by atomic mass is 9.78. The topological polar surface area (TPSA) is 0 Å². The van der Waals surface area contributed by atoms with Gasteiger partial charge in [-0.1, -0.05) is 33.6 Å². The van der Waals surface area contributed by atoms with Gasteiger partial charge in [-0.15, -0.1) is 12.3 Å². The monoisotopic (exact) mass is 166 g/mol. The lowest BCUT2D eigenvalue weighted by Gasteiger charge is -2.26. The van der Waals surface area contributed by atoms with Crippen LogP contribution in [-0.2, 0) is 0 Å². The Kier molecular flexibility index (Phi) is 5.06. The van der Waals surface area contributed by atoms with Crippen molar-refractivity contribution in [2.75, 3.05) is 0 Å². The van der Waals surface area contributed by atoms with E-state index < -0.39 is 0 Å².